The molecule has 0 saturated heterocycles. The number of rotatable bonds is 0. The van der Waals surface area contributed by atoms with E-state index in [1.165, 1.54) is 25.7 Å². The zero-order valence-electron chi connectivity index (χ0n) is 8.21. The van der Waals surface area contributed by atoms with Gasteiger partial charge in [-0.3, -0.25) is 0 Å². The minimum Gasteiger partial charge on any atom is -0.393 e. The number of hydrogen-bond acceptors (Lipinski definition) is 1. The summed E-state index contributed by atoms with van der Waals surface area (Å²) >= 11 is 0. The van der Waals surface area contributed by atoms with Crippen molar-refractivity contribution < 1.29 is 5.11 Å². The average molecular weight is 168 g/mol. The van der Waals surface area contributed by atoms with Crippen molar-refractivity contribution in [2.75, 3.05) is 0 Å². The van der Waals surface area contributed by atoms with Gasteiger partial charge in [0.1, 0.15) is 0 Å². The zero-order valence-corrected chi connectivity index (χ0v) is 8.21. The third-order valence-corrected chi connectivity index (χ3v) is 4.22. The predicted octanol–water partition coefficient (Wildman–Crippen LogP) is 2.58. The fraction of sp³-hybridized carbons (Fsp3) is 1.00. The highest BCUT2D eigenvalue weighted by molar-refractivity contribution is 4.92. The first kappa shape index (κ1) is 8.55. The van der Waals surface area contributed by atoms with E-state index in [0.717, 1.165) is 12.3 Å². The smallest absolute Gasteiger partial charge is 0.0571 e. The third kappa shape index (κ3) is 1.28. The second-order valence-electron chi connectivity index (χ2n) is 5.36. The molecule has 0 aromatic rings. The summed E-state index contributed by atoms with van der Waals surface area (Å²) in [7, 11) is 0. The lowest BCUT2D eigenvalue weighted by atomic mass is 9.72. The van der Waals surface area contributed by atoms with Gasteiger partial charge in [0.25, 0.3) is 0 Å². The summed E-state index contributed by atoms with van der Waals surface area (Å²) in [6, 6.07) is 0. The molecule has 3 saturated carbocycles. The summed E-state index contributed by atoms with van der Waals surface area (Å²) in [5, 5.41) is 9.81. The molecule has 2 unspecified atom stereocenters. The van der Waals surface area contributed by atoms with Crippen LogP contribution in [0.3, 0.4) is 0 Å². The number of aliphatic hydroxyl groups excluding tert-OH is 1. The molecule has 3 fully saturated rings. The van der Waals surface area contributed by atoms with Crippen molar-refractivity contribution in [1.82, 2.24) is 0 Å². The minimum atomic E-state index is 0.0190. The number of fused-ring (bicyclic) bond motifs is 4. The van der Waals surface area contributed by atoms with Gasteiger partial charge in [-0.2, -0.15) is 0 Å². The summed E-state index contributed by atoms with van der Waals surface area (Å²) in [5.74, 6) is 1.41. The predicted molar refractivity (Wildman–Crippen MR) is 49.9 cm³/mol. The molecular weight excluding hydrogens is 148 g/mol. The molecule has 3 aliphatic carbocycles. The molecule has 0 heterocycles. The largest absolute Gasteiger partial charge is 0.393 e. The van der Waals surface area contributed by atoms with Crippen LogP contribution >= 0.6 is 0 Å². The fourth-order valence-electron chi connectivity index (χ4n) is 3.02. The standard InChI is InChI=1S/C11H20O/c1-11(2)6-5-8-3-4-9(11)7-10(8)12/h8-10,12H,3-7H2,1-2H3/t8-,9?,10?/m1/s1. The van der Waals surface area contributed by atoms with Gasteiger partial charge in [-0.1, -0.05) is 13.8 Å². The summed E-state index contributed by atoms with van der Waals surface area (Å²) in [6.45, 7) is 4.75. The maximum absolute atomic E-state index is 9.81. The Bertz CT molecular complexity index is 174. The molecule has 1 N–H and O–H groups in total. The normalized spacial score (nSPS) is 45.8. The summed E-state index contributed by atoms with van der Waals surface area (Å²) < 4.78 is 0. The Balaban J connectivity index is 2.19. The van der Waals surface area contributed by atoms with Crippen molar-refractivity contribution in [3.63, 3.8) is 0 Å². The van der Waals surface area contributed by atoms with E-state index >= 15 is 0 Å². The lowest BCUT2D eigenvalue weighted by Gasteiger charge is -2.35. The fourth-order valence-corrected chi connectivity index (χ4v) is 3.02. The molecule has 0 aliphatic heterocycles. The van der Waals surface area contributed by atoms with Crippen LogP contribution in [0.1, 0.15) is 46.0 Å². The highest BCUT2D eigenvalue weighted by Crippen LogP contribution is 2.48. The van der Waals surface area contributed by atoms with Gasteiger partial charge in [-0.25, -0.2) is 0 Å². The van der Waals surface area contributed by atoms with Crippen molar-refractivity contribution in [3.05, 3.63) is 0 Å². The van der Waals surface area contributed by atoms with Crippen LogP contribution in [-0.2, 0) is 0 Å². The second kappa shape index (κ2) is 2.73. The zero-order chi connectivity index (χ0) is 8.77. The van der Waals surface area contributed by atoms with Crippen LogP contribution in [0.25, 0.3) is 0 Å². The molecule has 1 nitrogen and oxygen atoms in total. The van der Waals surface area contributed by atoms with Crippen LogP contribution in [0.2, 0.25) is 0 Å². The molecule has 0 aromatic heterocycles. The van der Waals surface area contributed by atoms with Gasteiger partial charge < -0.3 is 5.11 Å². The molecule has 12 heavy (non-hydrogen) atoms. The minimum absolute atomic E-state index is 0.0190. The van der Waals surface area contributed by atoms with Crippen molar-refractivity contribution in [3.8, 4) is 0 Å². The maximum atomic E-state index is 9.81. The number of hydrogen-bond donors (Lipinski definition) is 1. The van der Waals surface area contributed by atoms with E-state index in [4.69, 9.17) is 0 Å². The molecule has 0 radical (unpaired) electrons. The molecule has 2 bridgehead atoms. The van der Waals surface area contributed by atoms with E-state index in [0.29, 0.717) is 11.3 Å². The van der Waals surface area contributed by atoms with Gasteiger partial charge in [-0.15, -0.1) is 0 Å². The Morgan fingerprint density at radius 2 is 1.92 bits per heavy atom. The lowest BCUT2D eigenvalue weighted by molar-refractivity contribution is 0.0389. The Morgan fingerprint density at radius 3 is 2.58 bits per heavy atom. The SMILES string of the molecule is CC1(C)CC[C@H]2CCC1CC2O. The van der Waals surface area contributed by atoms with Gasteiger partial charge in [0.2, 0.25) is 0 Å². The Kier molecular flexibility index (Phi) is 1.95. The van der Waals surface area contributed by atoms with E-state index in [9.17, 15) is 5.11 Å². The van der Waals surface area contributed by atoms with Gasteiger partial charge in [0, 0.05) is 0 Å². The second-order valence-corrected chi connectivity index (χ2v) is 5.36. The summed E-state index contributed by atoms with van der Waals surface area (Å²) in [4.78, 5) is 0. The van der Waals surface area contributed by atoms with Crippen molar-refractivity contribution >= 4 is 0 Å². The highest BCUT2D eigenvalue weighted by Gasteiger charge is 2.41. The highest BCUT2D eigenvalue weighted by atomic mass is 16.3. The molecule has 0 spiro atoms. The first-order valence-corrected chi connectivity index (χ1v) is 5.28. The van der Waals surface area contributed by atoms with Crippen LogP contribution in [0.4, 0.5) is 0 Å². The van der Waals surface area contributed by atoms with E-state index in [-0.39, 0.29) is 6.10 Å². The van der Waals surface area contributed by atoms with Crippen LogP contribution in [-0.4, -0.2) is 11.2 Å². The van der Waals surface area contributed by atoms with Crippen molar-refractivity contribution in [1.29, 1.82) is 0 Å². The molecule has 70 valence electrons. The van der Waals surface area contributed by atoms with Crippen LogP contribution < -0.4 is 0 Å². The van der Waals surface area contributed by atoms with Crippen LogP contribution in [0, 0.1) is 17.3 Å². The Morgan fingerprint density at radius 1 is 1.17 bits per heavy atom. The molecular formula is C11H20O. The first-order valence-electron chi connectivity index (χ1n) is 5.28. The van der Waals surface area contributed by atoms with E-state index in [2.05, 4.69) is 13.8 Å². The number of aliphatic hydroxyl groups is 1. The molecule has 0 aromatic carbocycles. The Hall–Kier alpha value is -0.0400. The molecule has 0 amide bonds. The lowest BCUT2D eigenvalue weighted by Crippen LogP contribution is -2.30. The summed E-state index contributed by atoms with van der Waals surface area (Å²) in [6.07, 6.45) is 6.29. The molecule has 1 heteroatoms. The van der Waals surface area contributed by atoms with Gasteiger partial charge in [0.05, 0.1) is 6.10 Å². The molecule has 3 aliphatic rings. The van der Waals surface area contributed by atoms with Gasteiger partial charge >= 0.3 is 0 Å². The average Bonchev–Trinajstić information content (AvgIpc) is 2.19. The van der Waals surface area contributed by atoms with E-state index < -0.39 is 0 Å². The van der Waals surface area contributed by atoms with Crippen LogP contribution in [0.15, 0.2) is 0 Å². The van der Waals surface area contributed by atoms with E-state index in [1.54, 1.807) is 0 Å². The van der Waals surface area contributed by atoms with Crippen molar-refractivity contribution in [2.24, 2.45) is 17.3 Å². The topological polar surface area (TPSA) is 20.2 Å². The first-order chi connectivity index (χ1) is 5.59. The quantitative estimate of drug-likeness (QED) is 0.589. The molecule has 3 rings (SSSR count). The van der Waals surface area contributed by atoms with Gasteiger partial charge in [-0.05, 0) is 49.4 Å². The van der Waals surface area contributed by atoms with Gasteiger partial charge in [0.15, 0.2) is 0 Å². The van der Waals surface area contributed by atoms with E-state index in [1.807, 2.05) is 0 Å². The Labute approximate surface area is 75.2 Å². The maximum Gasteiger partial charge on any atom is 0.0571 e. The third-order valence-electron chi connectivity index (χ3n) is 4.22. The van der Waals surface area contributed by atoms with Crippen molar-refractivity contribution in [2.45, 2.75) is 52.1 Å². The summed E-state index contributed by atoms with van der Waals surface area (Å²) in [5.41, 5.74) is 0.492. The monoisotopic (exact) mass is 168 g/mol. The van der Waals surface area contributed by atoms with Crippen LogP contribution in [0.5, 0.6) is 0 Å². The molecule has 3 atom stereocenters.